The van der Waals surface area contributed by atoms with Crippen LogP contribution in [0.3, 0.4) is 0 Å². The molecule has 0 aliphatic carbocycles. The van der Waals surface area contributed by atoms with Crippen molar-refractivity contribution in [3.05, 3.63) is 29.6 Å². The fourth-order valence-corrected chi connectivity index (χ4v) is 1.92. The van der Waals surface area contributed by atoms with Crippen molar-refractivity contribution >= 4 is 5.69 Å². The molecule has 0 aliphatic rings. The fourth-order valence-electron chi connectivity index (χ4n) is 1.92. The molecule has 1 atom stereocenters. The number of halogens is 1. The van der Waals surface area contributed by atoms with E-state index in [2.05, 4.69) is 0 Å². The molecule has 0 aliphatic heterocycles. The maximum atomic E-state index is 13.2. The number of nitrogens with zero attached hydrogens (tertiary/aromatic N) is 1. The van der Waals surface area contributed by atoms with Crippen molar-refractivity contribution in [2.24, 2.45) is 5.73 Å². The van der Waals surface area contributed by atoms with Crippen LogP contribution in [0.5, 0.6) is 0 Å². The fraction of sp³-hybridized carbons (Fsp3) is 0.538. The second kappa shape index (κ2) is 5.98. The molecule has 0 fully saturated rings. The lowest BCUT2D eigenvalue weighted by Gasteiger charge is -2.31. The van der Waals surface area contributed by atoms with Crippen LogP contribution in [0.15, 0.2) is 18.2 Å². The molecular weight excluding hydrogens is 219 g/mol. The van der Waals surface area contributed by atoms with E-state index in [1.165, 1.54) is 12.1 Å². The molecule has 3 nitrogen and oxygen atoms in total. The molecule has 1 aromatic carbocycles. The van der Waals surface area contributed by atoms with E-state index in [1.54, 1.807) is 6.07 Å². The van der Waals surface area contributed by atoms with E-state index < -0.39 is 0 Å². The van der Waals surface area contributed by atoms with Gasteiger partial charge in [-0.1, -0.05) is 0 Å². The molecule has 0 aromatic heterocycles. The second-order valence-corrected chi connectivity index (χ2v) is 4.50. The lowest BCUT2D eigenvalue weighted by atomic mass is 10.0. The highest BCUT2D eigenvalue weighted by Gasteiger charge is 2.16. The van der Waals surface area contributed by atoms with E-state index in [1.807, 2.05) is 25.7 Å². The van der Waals surface area contributed by atoms with Gasteiger partial charge in [0.25, 0.3) is 0 Å². The first-order chi connectivity index (χ1) is 7.97. The molecule has 0 saturated heterocycles. The van der Waals surface area contributed by atoms with Crippen LogP contribution in [0.25, 0.3) is 0 Å². The van der Waals surface area contributed by atoms with Crippen LogP contribution in [0.2, 0.25) is 0 Å². The zero-order valence-corrected chi connectivity index (χ0v) is 10.7. The lowest BCUT2D eigenvalue weighted by Crippen LogP contribution is -2.34. The number of benzene rings is 1. The van der Waals surface area contributed by atoms with E-state index >= 15 is 0 Å². The molecule has 0 radical (unpaired) electrons. The molecule has 17 heavy (non-hydrogen) atoms. The number of nitrogens with two attached hydrogens (primary N) is 1. The van der Waals surface area contributed by atoms with Crippen LogP contribution in [-0.4, -0.2) is 24.3 Å². The van der Waals surface area contributed by atoms with Crippen LogP contribution < -0.4 is 10.6 Å². The first-order valence-electron chi connectivity index (χ1n) is 5.90. The summed E-state index contributed by atoms with van der Waals surface area (Å²) in [5.41, 5.74) is 7.53. The van der Waals surface area contributed by atoms with E-state index in [9.17, 15) is 4.39 Å². The van der Waals surface area contributed by atoms with Gasteiger partial charge < -0.3 is 15.7 Å². The number of aliphatic hydroxyl groups is 1. The van der Waals surface area contributed by atoms with Gasteiger partial charge in [-0.3, -0.25) is 0 Å². The van der Waals surface area contributed by atoms with Gasteiger partial charge in [0.05, 0.1) is 6.61 Å². The summed E-state index contributed by atoms with van der Waals surface area (Å²) in [5.74, 6) is -0.284. The smallest absolute Gasteiger partial charge is 0.123 e. The Bertz CT molecular complexity index is 366. The Morgan fingerprint density at radius 1 is 1.35 bits per heavy atom. The molecule has 3 N–H and O–H groups in total. The summed E-state index contributed by atoms with van der Waals surface area (Å²) in [4.78, 5) is 2.03. The van der Waals surface area contributed by atoms with Crippen LogP contribution >= 0.6 is 0 Å². The topological polar surface area (TPSA) is 49.5 Å². The van der Waals surface area contributed by atoms with Crippen molar-refractivity contribution in [1.29, 1.82) is 0 Å². The summed E-state index contributed by atoms with van der Waals surface area (Å²) >= 11 is 0. The zero-order valence-electron chi connectivity index (χ0n) is 10.7. The molecule has 0 spiro atoms. The van der Waals surface area contributed by atoms with Crippen LogP contribution in [-0.2, 0) is 0 Å². The average Bonchev–Trinajstić information content (AvgIpc) is 2.26. The van der Waals surface area contributed by atoms with E-state index in [4.69, 9.17) is 10.8 Å². The van der Waals surface area contributed by atoms with Crippen LogP contribution in [0.4, 0.5) is 10.1 Å². The Hall–Kier alpha value is -1.13. The van der Waals surface area contributed by atoms with E-state index in [-0.39, 0.29) is 24.5 Å². The Morgan fingerprint density at radius 2 is 2.00 bits per heavy atom. The second-order valence-electron chi connectivity index (χ2n) is 4.50. The molecule has 4 heteroatoms. The Labute approximate surface area is 102 Å². The van der Waals surface area contributed by atoms with Gasteiger partial charge in [-0.25, -0.2) is 4.39 Å². The van der Waals surface area contributed by atoms with Crippen molar-refractivity contribution in [1.82, 2.24) is 0 Å². The monoisotopic (exact) mass is 240 g/mol. The lowest BCUT2D eigenvalue weighted by molar-refractivity contribution is 0.299. The molecule has 0 bridgehead atoms. The van der Waals surface area contributed by atoms with E-state index in [0.29, 0.717) is 6.54 Å². The summed E-state index contributed by atoms with van der Waals surface area (Å²) in [6, 6.07) is 4.61. The Kier molecular flexibility index (Phi) is 4.90. The van der Waals surface area contributed by atoms with Gasteiger partial charge in [0.1, 0.15) is 5.82 Å². The number of aliphatic hydroxyl groups excluding tert-OH is 1. The number of hydrogen-bond donors (Lipinski definition) is 2. The van der Waals surface area contributed by atoms with Crippen LogP contribution in [0, 0.1) is 5.82 Å². The van der Waals surface area contributed by atoms with Gasteiger partial charge in [-0.2, -0.15) is 0 Å². The molecule has 0 unspecified atom stereocenters. The van der Waals surface area contributed by atoms with Crippen molar-refractivity contribution in [2.75, 3.05) is 18.1 Å². The van der Waals surface area contributed by atoms with Crippen molar-refractivity contribution in [2.45, 2.75) is 32.9 Å². The van der Waals surface area contributed by atoms with Gasteiger partial charge in [0.15, 0.2) is 0 Å². The third-order valence-electron chi connectivity index (χ3n) is 2.75. The Balaban J connectivity index is 3.17. The molecule has 1 aromatic rings. The minimum Gasteiger partial charge on any atom is -0.395 e. The maximum Gasteiger partial charge on any atom is 0.123 e. The number of rotatable bonds is 5. The molecule has 1 rings (SSSR count). The first kappa shape index (κ1) is 13.9. The third-order valence-corrected chi connectivity index (χ3v) is 2.75. The van der Waals surface area contributed by atoms with Crippen molar-refractivity contribution < 1.29 is 9.50 Å². The summed E-state index contributed by atoms with van der Waals surface area (Å²) in [6.45, 7) is 6.47. The molecule has 0 saturated carbocycles. The van der Waals surface area contributed by atoms with Gasteiger partial charge in [0.2, 0.25) is 0 Å². The highest BCUT2D eigenvalue weighted by molar-refractivity contribution is 5.55. The minimum absolute atomic E-state index is 0.0634. The van der Waals surface area contributed by atoms with Gasteiger partial charge in [-0.15, -0.1) is 0 Å². The molecular formula is C13H21FN2O. The zero-order chi connectivity index (χ0) is 13.0. The van der Waals surface area contributed by atoms with Gasteiger partial charge >= 0.3 is 0 Å². The SMILES string of the molecule is CC(C)N(CCO)c1ccc(F)cc1[C@@H](C)N. The van der Waals surface area contributed by atoms with Gasteiger partial charge in [0, 0.05) is 24.3 Å². The molecule has 96 valence electrons. The Morgan fingerprint density at radius 3 is 2.47 bits per heavy atom. The first-order valence-corrected chi connectivity index (χ1v) is 5.90. The maximum absolute atomic E-state index is 13.2. The number of hydrogen-bond acceptors (Lipinski definition) is 3. The highest BCUT2D eigenvalue weighted by Crippen LogP contribution is 2.27. The predicted molar refractivity (Wildman–Crippen MR) is 68.6 cm³/mol. The highest BCUT2D eigenvalue weighted by atomic mass is 19.1. The summed E-state index contributed by atoms with van der Waals surface area (Å²) < 4.78 is 13.2. The molecule has 0 amide bonds. The largest absolute Gasteiger partial charge is 0.395 e. The van der Waals surface area contributed by atoms with E-state index in [0.717, 1.165) is 11.3 Å². The average molecular weight is 240 g/mol. The quantitative estimate of drug-likeness (QED) is 0.828. The van der Waals surface area contributed by atoms with Crippen LogP contribution in [0.1, 0.15) is 32.4 Å². The van der Waals surface area contributed by atoms with Crippen molar-refractivity contribution in [3.63, 3.8) is 0 Å². The normalized spacial score (nSPS) is 12.9. The van der Waals surface area contributed by atoms with Gasteiger partial charge in [-0.05, 0) is 44.5 Å². The summed E-state index contributed by atoms with van der Waals surface area (Å²) in [6.07, 6.45) is 0. The summed E-state index contributed by atoms with van der Waals surface area (Å²) in [7, 11) is 0. The standard InChI is InChI=1S/C13H21FN2O/c1-9(2)16(6-7-17)13-5-4-11(14)8-12(13)10(3)15/h4-5,8-10,17H,6-7,15H2,1-3H3/t10-/m1/s1. The minimum atomic E-state index is -0.284. The number of anilines is 1. The molecule has 0 heterocycles. The third kappa shape index (κ3) is 3.41. The summed E-state index contributed by atoms with van der Waals surface area (Å²) in [5, 5.41) is 9.08. The van der Waals surface area contributed by atoms with Crippen molar-refractivity contribution in [3.8, 4) is 0 Å². The predicted octanol–water partition coefficient (Wildman–Crippen LogP) is 2.05.